The zero-order chi connectivity index (χ0) is 14.7. The number of nitrogens with zero attached hydrogens (tertiary/aromatic N) is 1. The van der Waals surface area contributed by atoms with Crippen LogP contribution in [0, 0.1) is 5.92 Å². The predicted octanol–water partition coefficient (Wildman–Crippen LogP) is 2.24. The van der Waals surface area contributed by atoms with Crippen LogP contribution in [0.5, 0.6) is 0 Å². The summed E-state index contributed by atoms with van der Waals surface area (Å²) >= 11 is 0. The van der Waals surface area contributed by atoms with Gasteiger partial charge in [0.2, 0.25) is 0 Å². The summed E-state index contributed by atoms with van der Waals surface area (Å²) in [5.74, 6) is 0.0237. The van der Waals surface area contributed by atoms with Gasteiger partial charge in [-0.15, -0.1) is 0 Å². The number of rotatable bonds is 3. The van der Waals surface area contributed by atoms with Crippen molar-refractivity contribution in [1.29, 1.82) is 0 Å². The summed E-state index contributed by atoms with van der Waals surface area (Å²) in [7, 11) is 0. The molecule has 3 atom stereocenters. The lowest BCUT2D eigenvalue weighted by atomic mass is 9.93. The first-order chi connectivity index (χ1) is 9.49. The highest BCUT2D eigenvalue weighted by molar-refractivity contribution is 5.83. The van der Waals surface area contributed by atoms with Crippen molar-refractivity contribution in [1.82, 2.24) is 10.2 Å². The molecule has 3 unspecified atom stereocenters. The van der Waals surface area contributed by atoms with Gasteiger partial charge in [-0.25, -0.2) is 9.59 Å². The van der Waals surface area contributed by atoms with Gasteiger partial charge >= 0.3 is 12.0 Å². The van der Waals surface area contributed by atoms with E-state index in [-0.39, 0.29) is 12.1 Å². The molecule has 2 amide bonds. The smallest absolute Gasteiger partial charge is 0.326 e. The van der Waals surface area contributed by atoms with Crippen LogP contribution >= 0.6 is 0 Å². The molecule has 6 heteroatoms. The number of urea groups is 1. The summed E-state index contributed by atoms with van der Waals surface area (Å²) < 4.78 is 5.23. The van der Waals surface area contributed by atoms with Crippen molar-refractivity contribution >= 4 is 12.0 Å². The van der Waals surface area contributed by atoms with Crippen molar-refractivity contribution in [2.24, 2.45) is 5.92 Å². The van der Waals surface area contributed by atoms with Gasteiger partial charge in [-0.1, -0.05) is 6.92 Å². The molecular weight excluding hydrogens is 260 g/mol. The maximum Gasteiger partial charge on any atom is 0.326 e. The Hall–Kier alpha value is -1.98. The molecule has 6 nitrogen and oxygen atoms in total. The van der Waals surface area contributed by atoms with E-state index in [0.29, 0.717) is 24.6 Å². The van der Waals surface area contributed by atoms with E-state index in [2.05, 4.69) is 5.32 Å². The summed E-state index contributed by atoms with van der Waals surface area (Å²) in [6.45, 7) is 4.28. The van der Waals surface area contributed by atoms with Gasteiger partial charge in [0, 0.05) is 6.54 Å². The number of aliphatic carboxylic acids is 1. The fraction of sp³-hybridized carbons (Fsp3) is 0.571. The van der Waals surface area contributed by atoms with Crippen LogP contribution in [0.4, 0.5) is 4.79 Å². The molecule has 0 spiro atoms. The SMILES string of the molecule is CC1CCN(C(=O)NC(C)c2ccco2)C(C(=O)O)C1. The van der Waals surface area contributed by atoms with E-state index in [1.54, 1.807) is 25.3 Å². The molecule has 1 aromatic rings. The van der Waals surface area contributed by atoms with E-state index in [4.69, 9.17) is 4.42 Å². The molecule has 2 rings (SSSR count). The summed E-state index contributed by atoms with van der Waals surface area (Å²) in [4.78, 5) is 24.9. The summed E-state index contributed by atoms with van der Waals surface area (Å²) in [6, 6.07) is 2.14. The van der Waals surface area contributed by atoms with Crippen molar-refractivity contribution in [3.63, 3.8) is 0 Å². The highest BCUT2D eigenvalue weighted by atomic mass is 16.4. The minimum atomic E-state index is -0.947. The first kappa shape index (κ1) is 14.4. The lowest BCUT2D eigenvalue weighted by molar-refractivity contribution is -0.143. The topological polar surface area (TPSA) is 82.8 Å². The number of nitrogens with one attached hydrogen (secondary N) is 1. The second-order valence-electron chi connectivity index (χ2n) is 5.36. The molecular formula is C14H20N2O4. The standard InChI is InChI=1S/C14H20N2O4/c1-9-5-6-16(11(8-9)13(17)18)14(19)15-10(2)12-4-3-7-20-12/h3-4,7,9-11H,5-6,8H2,1-2H3,(H,15,19)(H,17,18). The number of amides is 2. The van der Waals surface area contributed by atoms with Crippen LogP contribution in [0.2, 0.25) is 0 Å². The Morgan fingerprint density at radius 1 is 1.55 bits per heavy atom. The molecule has 1 aliphatic heterocycles. The molecule has 20 heavy (non-hydrogen) atoms. The first-order valence-corrected chi connectivity index (χ1v) is 6.82. The Morgan fingerprint density at radius 3 is 2.90 bits per heavy atom. The molecule has 0 radical (unpaired) electrons. The quantitative estimate of drug-likeness (QED) is 0.889. The fourth-order valence-corrected chi connectivity index (χ4v) is 2.50. The van der Waals surface area contributed by atoms with Crippen LogP contribution in [0.1, 0.15) is 38.5 Å². The molecule has 2 N–H and O–H groups in total. The second-order valence-corrected chi connectivity index (χ2v) is 5.36. The number of carboxylic acid groups (broad SMARTS) is 1. The molecule has 2 heterocycles. The summed E-state index contributed by atoms with van der Waals surface area (Å²) in [5.41, 5.74) is 0. The Balaban J connectivity index is 2.01. The molecule has 110 valence electrons. The van der Waals surface area contributed by atoms with E-state index in [1.807, 2.05) is 6.92 Å². The van der Waals surface area contributed by atoms with Gasteiger partial charge in [0.05, 0.1) is 12.3 Å². The van der Waals surface area contributed by atoms with Crippen LogP contribution in [-0.4, -0.2) is 34.6 Å². The predicted molar refractivity (Wildman–Crippen MR) is 72.2 cm³/mol. The van der Waals surface area contributed by atoms with E-state index in [0.717, 1.165) is 6.42 Å². The minimum Gasteiger partial charge on any atom is -0.480 e. The number of furan rings is 1. The zero-order valence-electron chi connectivity index (χ0n) is 11.7. The maximum absolute atomic E-state index is 12.2. The Labute approximate surface area is 117 Å². The normalized spacial score (nSPS) is 24.2. The average Bonchev–Trinajstić information content (AvgIpc) is 2.92. The van der Waals surface area contributed by atoms with Gasteiger partial charge in [-0.3, -0.25) is 0 Å². The van der Waals surface area contributed by atoms with Gasteiger partial charge < -0.3 is 19.7 Å². The Kier molecular flexibility index (Phi) is 4.32. The Bertz CT molecular complexity index is 472. The van der Waals surface area contributed by atoms with Crippen molar-refractivity contribution in [3.05, 3.63) is 24.2 Å². The summed E-state index contributed by atoms with van der Waals surface area (Å²) in [6.07, 6.45) is 2.87. The third-order valence-electron chi connectivity index (χ3n) is 3.72. The van der Waals surface area contributed by atoms with Crippen LogP contribution in [0.25, 0.3) is 0 Å². The fourth-order valence-electron chi connectivity index (χ4n) is 2.50. The van der Waals surface area contributed by atoms with Crippen molar-refractivity contribution < 1.29 is 19.1 Å². The van der Waals surface area contributed by atoms with E-state index in [9.17, 15) is 14.7 Å². The number of carbonyl (C=O) groups excluding carboxylic acids is 1. The van der Waals surface area contributed by atoms with Gasteiger partial charge in [0.15, 0.2) is 0 Å². The highest BCUT2D eigenvalue weighted by Crippen LogP contribution is 2.23. The lowest BCUT2D eigenvalue weighted by Gasteiger charge is -2.36. The number of carbonyl (C=O) groups is 2. The van der Waals surface area contributed by atoms with Crippen LogP contribution in [-0.2, 0) is 4.79 Å². The molecule has 0 saturated carbocycles. The summed E-state index contributed by atoms with van der Waals surface area (Å²) in [5, 5.41) is 12.0. The second kappa shape index (κ2) is 5.98. The first-order valence-electron chi connectivity index (χ1n) is 6.82. The van der Waals surface area contributed by atoms with Gasteiger partial charge in [0.1, 0.15) is 11.8 Å². The monoisotopic (exact) mass is 280 g/mol. The highest BCUT2D eigenvalue weighted by Gasteiger charge is 2.35. The van der Waals surface area contributed by atoms with Crippen LogP contribution in [0.3, 0.4) is 0 Å². The van der Waals surface area contributed by atoms with Crippen molar-refractivity contribution in [2.75, 3.05) is 6.54 Å². The Morgan fingerprint density at radius 2 is 2.30 bits per heavy atom. The molecule has 1 fully saturated rings. The molecule has 0 aliphatic carbocycles. The third-order valence-corrected chi connectivity index (χ3v) is 3.72. The van der Waals surface area contributed by atoms with Crippen molar-refractivity contribution in [3.8, 4) is 0 Å². The van der Waals surface area contributed by atoms with Gasteiger partial charge in [-0.05, 0) is 37.8 Å². The number of piperidine rings is 1. The number of hydrogen-bond donors (Lipinski definition) is 2. The van der Waals surface area contributed by atoms with E-state index in [1.165, 1.54) is 4.90 Å². The van der Waals surface area contributed by atoms with Crippen LogP contribution in [0.15, 0.2) is 22.8 Å². The van der Waals surface area contributed by atoms with E-state index >= 15 is 0 Å². The van der Waals surface area contributed by atoms with Gasteiger partial charge in [0.25, 0.3) is 0 Å². The molecule has 1 aromatic heterocycles. The van der Waals surface area contributed by atoms with E-state index < -0.39 is 12.0 Å². The third kappa shape index (κ3) is 3.12. The van der Waals surface area contributed by atoms with Crippen LogP contribution < -0.4 is 5.32 Å². The van der Waals surface area contributed by atoms with Gasteiger partial charge in [-0.2, -0.15) is 0 Å². The number of carboxylic acids is 1. The number of likely N-dealkylation sites (tertiary alicyclic amines) is 1. The maximum atomic E-state index is 12.2. The number of hydrogen-bond acceptors (Lipinski definition) is 3. The zero-order valence-corrected chi connectivity index (χ0v) is 11.7. The minimum absolute atomic E-state index is 0.286. The molecule has 1 aliphatic rings. The lowest BCUT2D eigenvalue weighted by Crippen LogP contribution is -2.53. The molecule has 0 bridgehead atoms. The molecule has 0 aromatic carbocycles. The largest absolute Gasteiger partial charge is 0.480 e. The molecule has 1 saturated heterocycles. The van der Waals surface area contributed by atoms with Crippen molar-refractivity contribution in [2.45, 2.75) is 38.8 Å². The average molecular weight is 280 g/mol.